The first-order chi connectivity index (χ1) is 9.77. The lowest BCUT2D eigenvalue weighted by atomic mass is 9.76. The van der Waals surface area contributed by atoms with Crippen LogP contribution in [0, 0.1) is 25.7 Å². The first-order valence-electron chi connectivity index (χ1n) is 7.66. The molecule has 1 aliphatic carbocycles. The molecule has 0 aliphatic heterocycles. The third-order valence-electron chi connectivity index (χ3n) is 4.74. The number of halogens is 3. The summed E-state index contributed by atoms with van der Waals surface area (Å²) in [7, 11) is 0. The molecule has 2 N–H and O–H groups in total. The van der Waals surface area contributed by atoms with Crippen molar-refractivity contribution in [1.82, 2.24) is 0 Å². The highest BCUT2D eigenvalue weighted by molar-refractivity contribution is 5.31. The van der Waals surface area contributed by atoms with Crippen LogP contribution in [0.25, 0.3) is 0 Å². The molecule has 0 spiro atoms. The third kappa shape index (κ3) is 4.22. The fraction of sp³-hybridized carbons (Fsp3) is 0.647. The van der Waals surface area contributed by atoms with Crippen LogP contribution in [-0.2, 0) is 6.42 Å². The van der Waals surface area contributed by atoms with Crippen LogP contribution in [0.5, 0.6) is 0 Å². The molecule has 3 unspecified atom stereocenters. The van der Waals surface area contributed by atoms with Gasteiger partial charge in [0.15, 0.2) is 0 Å². The third-order valence-corrected chi connectivity index (χ3v) is 4.74. The van der Waals surface area contributed by atoms with Crippen molar-refractivity contribution >= 4 is 0 Å². The maximum absolute atomic E-state index is 12.9. The summed E-state index contributed by atoms with van der Waals surface area (Å²) in [5, 5.41) is 0. The highest BCUT2D eigenvalue weighted by atomic mass is 19.4. The lowest BCUT2D eigenvalue weighted by Crippen LogP contribution is -2.39. The summed E-state index contributed by atoms with van der Waals surface area (Å²) < 4.78 is 38.6. The van der Waals surface area contributed by atoms with E-state index in [0.29, 0.717) is 12.8 Å². The van der Waals surface area contributed by atoms with Crippen molar-refractivity contribution in [3.05, 3.63) is 34.9 Å². The number of hydrogen-bond donors (Lipinski definition) is 1. The first-order valence-corrected chi connectivity index (χ1v) is 7.66. The van der Waals surface area contributed by atoms with Crippen LogP contribution >= 0.6 is 0 Å². The van der Waals surface area contributed by atoms with E-state index >= 15 is 0 Å². The lowest BCUT2D eigenvalue weighted by Gasteiger charge is -2.34. The Morgan fingerprint density at radius 2 is 1.95 bits per heavy atom. The van der Waals surface area contributed by atoms with Crippen molar-refractivity contribution < 1.29 is 13.2 Å². The molecule has 0 saturated heterocycles. The van der Waals surface area contributed by atoms with Crippen LogP contribution in [0.4, 0.5) is 13.2 Å². The van der Waals surface area contributed by atoms with Crippen LogP contribution in [0.2, 0.25) is 0 Å². The summed E-state index contributed by atoms with van der Waals surface area (Å²) >= 11 is 0. The van der Waals surface area contributed by atoms with Crippen LogP contribution in [-0.4, -0.2) is 12.2 Å². The van der Waals surface area contributed by atoms with Crippen molar-refractivity contribution in [1.29, 1.82) is 0 Å². The van der Waals surface area contributed by atoms with Crippen LogP contribution in [0.3, 0.4) is 0 Å². The minimum absolute atomic E-state index is 0.0229. The van der Waals surface area contributed by atoms with Gasteiger partial charge in [-0.3, -0.25) is 0 Å². The van der Waals surface area contributed by atoms with E-state index in [2.05, 4.69) is 12.1 Å². The summed E-state index contributed by atoms with van der Waals surface area (Å²) in [4.78, 5) is 0. The van der Waals surface area contributed by atoms with E-state index in [4.69, 9.17) is 5.73 Å². The summed E-state index contributed by atoms with van der Waals surface area (Å²) in [5.74, 6) is -1.19. The average Bonchev–Trinajstić information content (AvgIpc) is 2.42. The van der Waals surface area contributed by atoms with E-state index in [1.54, 1.807) is 0 Å². The van der Waals surface area contributed by atoms with Crippen LogP contribution in [0.15, 0.2) is 18.2 Å². The quantitative estimate of drug-likeness (QED) is 0.871. The van der Waals surface area contributed by atoms with Gasteiger partial charge in [0, 0.05) is 6.04 Å². The number of aryl methyl sites for hydroxylation is 2. The molecule has 0 heterocycles. The molecule has 4 heteroatoms. The Morgan fingerprint density at radius 1 is 1.24 bits per heavy atom. The molecule has 1 saturated carbocycles. The molecule has 0 bridgehead atoms. The van der Waals surface area contributed by atoms with Crippen molar-refractivity contribution in [3.8, 4) is 0 Å². The number of alkyl halides is 3. The molecule has 3 atom stereocenters. The number of benzene rings is 1. The number of rotatable bonds is 3. The molecule has 1 aromatic carbocycles. The van der Waals surface area contributed by atoms with Gasteiger partial charge in [0.25, 0.3) is 0 Å². The molecular weight excluding hydrogens is 275 g/mol. The summed E-state index contributed by atoms with van der Waals surface area (Å²) in [6.45, 7) is 4.05. The minimum atomic E-state index is -4.07. The maximum atomic E-state index is 12.9. The van der Waals surface area contributed by atoms with Gasteiger partial charge in [-0.15, -0.1) is 0 Å². The van der Waals surface area contributed by atoms with Gasteiger partial charge in [-0.25, -0.2) is 0 Å². The van der Waals surface area contributed by atoms with Gasteiger partial charge in [-0.1, -0.05) is 30.2 Å². The number of hydrogen-bond acceptors (Lipinski definition) is 1. The molecule has 1 aromatic rings. The normalized spacial score (nSPS) is 24.9. The largest absolute Gasteiger partial charge is 0.391 e. The van der Waals surface area contributed by atoms with E-state index < -0.39 is 12.1 Å². The van der Waals surface area contributed by atoms with Gasteiger partial charge >= 0.3 is 6.18 Å². The summed E-state index contributed by atoms with van der Waals surface area (Å²) in [6.07, 6.45) is -1.50. The highest BCUT2D eigenvalue weighted by Gasteiger charge is 2.43. The van der Waals surface area contributed by atoms with Crippen molar-refractivity contribution in [2.24, 2.45) is 17.6 Å². The average molecular weight is 299 g/mol. The Morgan fingerprint density at radius 3 is 2.62 bits per heavy atom. The first kappa shape index (κ1) is 16.3. The smallest absolute Gasteiger partial charge is 0.327 e. The Balaban J connectivity index is 2.02. The van der Waals surface area contributed by atoms with Gasteiger partial charge in [-0.05, 0) is 56.6 Å². The predicted octanol–water partition coefficient (Wildman–Crippen LogP) is 4.54. The van der Waals surface area contributed by atoms with Gasteiger partial charge < -0.3 is 5.73 Å². The van der Waals surface area contributed by atoms with Crippen molar-refractivity contribution in [2.75, 3.05) is 0 Å². The molecule has 0 radical (unpaired) electrons. The topological polar surface area (TPSA) is 26.0 Å². The van der Waals surface area contributed by atoms with E-state index in [-0.39, 0.29) is 24.8 Å². The molecule has 1 aliphatic rings. The minimum Gasteiger partial charge on any atom is -0.327 e. The van der Waals surface area contributed by atoms with Crippen molar-refractivity contribution in [3.63, 3.8) is 0 Å². The zero-order valence-corrected chi connectivity index (χ0v) is 12.7. The standard InChI is InChI=1S/C17H24F3N/c1-11-6-7-12(2)14(8-11)10-16(21)13-4-3-5-15(9-13)17(18,19)20/h6-8,13,15-16H,3-5,9-10,21H2,1-2H3. The molecule has 0 aromatic heterocycles. The zero-order valence-electron chi connectivity index (χ0n) is 12.7. The monoisotopic (exact) mass is 299 g/mol. The molecule has 21 heavy (non-hydrogen) atoms. The maximum Gasteiger partial charge on any atom is 0.391 e. The Hall–Kier alpha value is -1.03. The second-order valence-electron chi connectivity index (χ2n) is 6.46. The summed E-state index contributed by atoms with van der Waals surface area (Å²) in [5.41, 5.74) is 9.73. The lowest BCUT2D eigenvalue weighted by molar-refractivity contribution is -0.186. The van der Waals surface area contributed by atoms with Crippen molar-refractivity contribution in [2.45, 2.75) is 58.2 Å². The predicted molar refractivity (Wildman–Crippen MR) is 79.1 cm³/mol. The van der Waals surface area contributed by atoms with Gasteiger partial charge in [0.1, 0.15) is 0 Å². The Bertz CT molecular complexity index is 481. The zero-order chi connectivity index (χ0) is 15.6. The number of nitrogens with two attached hydrogens (primary N) is 1. The molecule has 118 valence electrons. The second-order valence-corrected chi connectivity index (χ2v) is 6.46. The van der Waals surface area contributed by atoms with E-state index in [9.17, 15) is 13.2 Å². The van der Waals surface area contributed by atoms with Crippen LogP contribution < -0.4 is 5.73 Å². The highest BCUT2D eigenvalue weighted by Crippen LogP contribution is 2.41. The Labute approximate surface area is 124 Å². The van der Waals surface area contributed by atoms with Gasteiger partial charge in [0.05, 0.1) is 5.92 Å². The summed E-state index contributed by atoms with van der Waals surface area (Å²) in [6, 6.07) is 6.01. The van der Waals surface area contributed by atoms with E-state index in [1.165, 1.54) is 11.1 Å². The van der Waals surface area contributed by atoms with Gasteiger partial charge in [-0.2, -0.15) is 13.2 Å². The van der Waals surface area contributed by atoms with E-state index in [1.807, 2.05) is 19.9 Å². The SMILES string of the molecule is Cc1ccc(C)c(CC(N)C2CCCC(C(F)(F)F)C2)c1. The second kappa shape index (κ2) is 6.39. The molecule has 1 nitrogen and oxygen atoms in total. The Kier molecular flexibility index (Phi) is 4.97. The van der Waals surface area contributed by atoms with Gasteiger partial charge in [0.2, 0.25) is 0 Å². The molecule has 0 amide bonds. The fourth-order valence-electron chi connectivity index (χ4n) is 3.35. The van der Waals surface area contributed by atoms with E-state index in [0.717, 1.165) is 12.0 Å². The van der Waals surface area contributed by atoms with Crippen LogP contribution in [0.1, 0.15) is 42.4 Å². The fourth-order valence-corrected chi connectivity index (χ4v) is 3.35. The molecular formula is C17H24F3N. The molecule has 1 fully saturated rings. The molecule has 2 rings (SSSR count).